The number of halogens is 2. The summed E-state index contributed by atoms with van der Waals surface area (Å²) in [6, 6.07) is 4.95. The highest BCUT2D eigenvalue weighted by Crippen LogP contribution is 2.16. The fourth-order valence-corrected chi connectivity index (χ4v) is 1.55. The zero-order chi connectivity index (χ0) is 12.7. The van der Waals surface area contributed by atoms with Crippen LogP contribution in [0, 0.1) is 5.82 Å². The highest BCUT2D eigenvalue weighted by atomic mass is 79.9. The molecule has 0 radical (unpaired) electrons. The molecule has 0 fully saturated rings. The molecule has 0 aliphatic heterocycles. The molecule has 0 amide bonds. The molecule has 17 heavy (non-hydrogen) atoms. The molecule has 1 N–H and O–H groups in total. The van der Waals surface area contributed by atoms with E-state index in [1.165, 1.54) is 6.07 Å². The molecule has 94 valence electrons. The van der Waals surface area contributed by atoms with E-state index in [2.05, 4.69) is 21.2 Å². The van der Waals surface area contributed by atoms with E-state index in [1.54, 1.807) is 13.0 Å². The summed E-state index contributed by atoms with van der Waals surface area (Å²) >= 11 is 3.09. The van der Waals surface area contributed by atoms with Crippen molar-refractivity contribution in [2.45, 2.75) is 19.9 Å². The van der Waals surface area contributed by atoms with Gasteiger partial charge in [-0.2, -0.15) is 0 Å². The number of carbonyl (C=O) groups is 1. The molecule has 0 aliphatic carbocycles. The van der Waals surface area contributed by atoms with E-state index < -0.39 is 0 Å². The molecular weight excluding hydrogens is 289 g/mol. The first-order valence-corrected chi connectivity index (χ1v) is 6.23. The van der Waals surface area contributed by atoms with Crippen molar-refractivity contribution in [2.24, 2.45) is 0 Å². The van der Waals surface area contributed by atoms with Crippen LogP contribution in [0.5, 0.6) is 0 Å². The lowest BCUT2D eigenvalue weighted by molar-refractivity contribution is -0.142. The molecule has 0 bridgehead atoms. The number of esters is 1. The van der Waals surface area contributed by atoms with Gasteiger partial charge in [0.1, 0.15) is 5.82 Å². The molecule has 1 rings (SSSR count). The van der Waals surface area contributed by atoms with Gasteiger partial charge < -0.3 is 10.1 Å². The number of carbonyl (C=O) groups excluding carboxylic acids is 1. The van der Waals surface area contributed by atoms with Crippen LogP contribution in [0.25, 0.3) is 0 Å². The molecule has 0 spiro atoms. The monoisotopic (exact) mass is 303 g/mol. The Labute approximate surface area is 108 Å². The molecule has 5 heteroatoms. The van der Waals surface area contributed by atoms with Crippen molar-refractivity contribution in [3.8, 4) is 0 Å². The van der Waals surface area contributed by atoms with Gasteiger partial charge in [0.25, 0.3) is 0 Å². The van der Waals surface area contributed by atoms with E-state index in [9.17, 15) is 9.18 Å². The summed E-state index contributed by atoms with van der Waals surface area (Å²) < 4.78 is 18.4. The van der Waals surface area contributed by atoms with Gasteiger partial charge in [-0.15, -0.1) is 0 Å². The van der Waals surface area contributed by atoms with Crippen molar-refractivity contribution in [1.82, 2.24) is 5.32 Å². The van der Waals surface area contributed by atoms with Gasteiger partial charge in [0, 0.05) is 13.1 Å². The second-order valence-electron chi connectivity index (χ2n) is 3.48. The van der Waals surface area contributed by atoms with E-state index in [0.717, 1.165) is 5.56 Å². The van der Waals surface area contributed by atoms with Crippen molar-refractivity contribution in [3.63, 3.8) is 0 Å². The van der Waals surface area contributed by atoms with Gasteiger partial charge in [-0.3, -0.25) is 4.79 Å². The van der Waals surface area contributed by atoms with Gasteiger partial charge in [-0.1, -0.05) is 6.07 Å². The van der Waals surface area contributed by atoms with Crippen LogP contribution in [0.15, 0.2) is 22.7 Å². The van der Waals surface area contributed by atoms with E-state index in [-0.39, 0.29) is 11.8 Å². The summed E-state index contributed by atoms with van der Waals surface area (Å²) in [6.45, 7) is 3.23. The first-order chi connectivity index (χ1) is 8.13. The van der Waals surface area contributed by atoms with Gasteiger partial charge in [-0.05, 0) is 40.5 Å². The molecule has 0 aromatic heterocycles. The Morgan fingerprint density at radius 1 is 1.53 bits per heavy atom. The predicted molar refractivity (Wildman–Crippen MR) is 67.1 cm³/mol. The highest BCUT2D eigenvalue weighted by Gasteiger charge is 2.02. The number of ether oxygens (including phenoxy) is 1. The van der Waals surface area contributed by atoms with Crippen molar-refractivity contribution in [3.05, 3.63) is 34.1 Å². The Bertz CT molecular complexity index is 385. The fraction of sp³-hybridized carbons (Fsp3) is 0.417. The van der Waals surface area contributed by atoms with Crippen LogP contribution >= 0.6 is 15.9 Å². The van der Waals surface area contributed by atoms with Crippen LogP contribution in [0.2, 0.25) is 0 Å². The SMILES string of the molecule is CCOC(=O)CCNCc1ccc(Br)c(F)c1. The lowest BCUT2D eigenvalue weighted by Gasteiger charge is -2.05. The topological polar surface area (TPSA) is 38.3 Å². The lowest BCUT2D eigenvalue weighted by atomic mass is 10.2. The molecule has 1 aromatic carbocycles. The van der Waals surface area contributed by atoms with Crippen LogP contribution in [0.3, 0.4) is 0 Å². The van der Waals surface area contributed by atoms with Crippen LogP contribution in [-0.2, 0) is 16.1 Å². The summed E-state index contributed by atoms with van der Waals surface area (Å²) in [5.74, 6) is -0.503. The maximum atomic E-state index is 13.2. The van der Waals surface area contributed by atoms with Gasteiger partial charge in [0.2, 0.25) is 0 Å². The molecule has 0 saturated heterocycles. The Morgan fingerprint density at radius 2 is 2.29 bits per heavy atom. The van der Waals surface area contributed by atoms with Gasteiger partial charge >= 0.3 is 5.97 Å². The summed E-state index contributed by atoms with van der Waals surface area (Å²) in [5, 5.41) is 3.05. The summed E-state index contributed by atoms with van der Waals surface area (Å²) in [4.78, 5) is 11.0. The van der Waals surface area contributed by atoms with Crippen molar-refractivity contribution >= 4 is 21.9 Å². The second-order valence-corrected chi connectivity index (χ2v) is 4.33. The molecule has 0 aliphatic rings. The van der Waals surface area contributed by atoms with Crippen LogP contribution < -0.4 is 5.32 Å². The zero-order valence-corrected chi connectivity index (χ0v) is 11.2. The maximum Gasteiger partial charge on any atom is 0.307 e. The largest absolute Gasteiger partial charge is 0.466 e. The third-order valence-corrected chi connectivity index (χ3v) is 2.77. The predicted octanol–water partition coefficient (Wildman–Crippen LogP) is 2.63. The Balaban J connectivity index is 2.26. The standard InChI is InChI=1S/C12H15BrFNO2/c1-2-17-12(16)5-6-15-8-9-3-4-10(13)11(14)7-9/h3-4,7,15H,2,5-6,8H2,1H3. The number of hydrogen-bond acceptors (Lipinski definition) is 3. The molecule has 0 heterocycles. The number of nitrogens with one attached hydrogen (secondary N) is 1. The molecular formula is C12H15BrFNO2. The van der Waals surface area contributed by atoms with Crippen LogP contribution in [0.1, 0.15) is 18.9 Å². The second kappa shape index (κ2) is 7.40. The maximum absolute atomic E-state index is 13.2. The summed E-state index contributed by atoms with van der Waals surface area (Å²) in [6.07, 6.45) is 0.326. The minimum absolute atomic E-state index is 0.220. The minimum Gasteiger partial charge on any atom is -0.466 e. The van der Waals surface area contributed by atoms with Crippen molar-refractivity contribution in [1.29, 1.82) is 0 Å². The molecule has 1 aromatic rings. The first kappa shape index (κ1) is 14.1. The fourth-order valence-electron chi connectivity index (χ4n) is 1.31. The minimum atomic E-state index is -0.283. The third kappa shape index (κ3) is 5.28. The van der Waals surface area contributed by atoms with E-state index in [0.29, 0.717) is 30.6 Å². The van der Waals surface area contributed by atoms with Gasteiger partial charge in [-0.25, -0.2) is 4.39 Å². The number of hydrogen-bond donors (Lipinski definition) is 1. The van der Waals surface area contributed by atoms with Crippen molar-refractivity contribution in [2.75, 3.05) is 13.2 Å². The molecule has 0 unspecified atom stereocenters. The normalized spacial score (nSPS) is 10.3. The average Bonchev–Trinajstić information content (AvgIpc) is 2.29. The third-order valence-electron chi connectivity index (χ3n) is 2.12. The zero-order valence-electron chi connectivity index (χ0n) is 9.63. The van der Waals surface area contributed by atoms with E-state index in [4.69, 9.17) is 4.74 Å². The molecule has 0 atom stereocenters. The summed E-state index contributed by atoms with van der Waals surface area (Å²) in [5.41, 5.74) is 0.842. The molecule has 0 saturated carbocycles. The van der Waals surface area contributed by atoms with Gasteiger partial charge in [0.05, 0.1) is 17.5 Å². The lowest BCUT2D eigenvalue weighted by Crippen LogP contribution is -2.19. The Kier molecular flexibility index (Phi) is 6.15. The number of rotatable bonds is 6. The smallest absolute Gasteiger partial charge is 0.307 e. The first-order valence-electron chi connectivity index (χ1n) is 5.43. The van der Waals surface area contributed by atoms with E-state index in [1.807, 2.05) is 6.07 Å². The Morgan fingerprint density at radius 3 is 2.94 bits per heavy atom. The molecule has 3 nitrogen and oxygen atoms in total. The Hall–Kier alpha value is -0.940. The highest BCUT2D eigenvalue weighted by molar-refractivity contribution is 9.10. The van der Waals surface area contributed by atoms with Gasteiger partial charge in [0.15, 0.2) is 0 Å². The number of benzene rings is 1. The van der Waals surface area contributed by atoms with Crippen molar-refractivity contribution < 1.29 is 13.9 Å². The van der Waals surface area contributed by atoms with E-state index >= 15 is 0 Å². The van der Waals surface area contributed by atoms with Crippen LogP contribution in [0.4, 0.5) is 4.39 Å². The quantitative estimate of drug-likeness (QED) is 0.648. The van der Waals surface area contributed by atoms with Crippen LogP contribution in [-0.4, -0.2) is 19.1 Å². The average molecular weight is 304 g/mol. The summed E-state index contributed by atoms with van der Waals surface area (Å²) in [7, 11) is 0.